The average molecular weight is 252 g/mol. The van der Waals surface area contributed by atoms with Crippen molar-refractivity contribution in [1.82, 2.24) is 14.8 Å². The van der Waals surface area contributed by atoms with Crippen LogP contribution < -0.4 is 0 Å². The molecule has 0 fully saturated rings. The normalized spacial score (nSPS) is 11.7. The third kappa shape index (κ3) is 2.19. The number of aromatic nitrogens is 3. The lowest BCUT2D eigenvalue weighted by Crippen LogP contribution is -2.21. The Morgan fingerprint density at radius 2 is 2.12 bits per heavy atom. The van der Waals surface area contributed by atoms with E-state index in [1.807, 2.05) is 25.3 Å². The van der Waals surface area contributed by atoms with Crippen LogP contribution in [0.3, 0.4) is 0 Å². The van der Waals surface area contributed by atoms with Crippen LogP contribution in [-0.2, 0) is 5.54 Å². The molecule has 0 saturated heterocycles. The van der Waals surface area contributed by atoms with Gasteiger partial charge in [0.2, 0.25) is 0 Å². The molecular formula is C10H12N4O2S. The lowest BCUT2D eigenvalue weighted by Gasteiger charge is -2.21. The smallest absolute Gasteiger partial charge is 0.308 e. The Kier molecular flexibility index (Phi) is 2.70. The van der Waals surface area contributed by atoms with Crippen molar-refractivity contribution in [2.75, 3.05) is 0 Å². The second-order valence-corrected chi connectivity index (χ2v) is 5.65. The first-order valence-electron chi connectivity index (χ1n) is 5.04. The maximum atomic E-state index is 10.6. The van der Waals surface area contributed by atoms with Crippen molar-refractivity contribution in [1.29, 1.82) is 0 Å². The van der Waals surface area contributed by atoms with Crippen LogP contribution in [0.2, 0.25) is 0 Å². The number of hydrogen-bond donors (Lipinski definition) is 0. The Balaban J connectivity index is 2.47. The van der Waals surface area contributed by atoms with Gasteiger partial charge in [-0.05, 0) is 26.8 Å². The second-order valence-electron chi connectivity index (χ2n) is 4.59. The summed E-state index contributed by atoms with van der Waals surface area (Å²) in [5, 5.41) is 18.6. The number of hydrogen-bond acceptors (Lipinski definition) is 5. The molecule has 2 heterocycles. The molecule has 0 radical (unpaired) electrons. The molecule has 0 saturated carbocycles. The van der Waals surface area contributed by atoms with Crippen molar-refractivity contribution < 1.29 is 4.92 Å². The molecule has 2 aromatic rings. The van der Waals surface area contributed by atoms with Crippen molar-refractivity contribution >= 4 is 16.3 Å². The summed E-state index contributed by atoms with van der Waals surface area (Å²) in [5.74, 6) is 0.663. The van der Waals surface area contributed by atoms with Crippen molar-refractivity contribution in [3.8, 4) is 10.7 Å². The van der Waals surface area contributed by atoms with E-state index in [0.717, 1.165) is 16.2 Å². The summed E-state index contributed by atoms with van der Waals surface area (Å²) < 4.78 is 1.91. The van der Waals surface area contributed by atoms with Crippen LogP contribution >= 0.6 is 11.3 Å². The van der Waals surface area contributed by atoms with Gasteiger partial charge in [0.1, 0.15) is 6.33 Å². The molecule has 0 aromatic carbocycles. The summed E-state index contributed by atoms with van der Waals surface area (Å²) in [7, 11) is 0. The average Bonchev–Trinajstić information content (AvgIpc) is 2.85. The van der Waals surface area contributed by atoms with Gasteiger partial charge in [-0.3, -0.25) is 10.1 Å². The maximum Gasteiger partial charge on any atom is 0.324 e. The van der Waals surface area contributed by atoms with Crippen molar-refractivity contribution in [3.63, 3.8) is 0 Å². The van der Waals surface area contributed by atoms with E-state index in [9.17, 15) is 10.1 Å². The van der Waals surface area contributed by atoms with Crippen LogP contribution in [0.25, 0.3) is 10.7 Å². The van der Waals surface area contributed by atoms with E-state index >= 15 is 0 Å². The topological polar surface area (TPSA) is 73.8 Å². The molecule has 0 unspecified atom stereocenters. The van der Waals surface area contributed by atoms with Crippen LogP contribution in [-0.4, -0.2) is 19.7 Å². The van der Waals surface area contributed by atoms with Gasteiger partial charge in [-0.15, -0.1) is 10.2 Å². The van der Waals surface area contributed by atoms with E-state index < -0.39 is 4.92 Å². The fourth-order valence-electron chi connectivity index (χ4n) is 1.44. The Morgan fingerprint density at radius 3 is 2.65 bits per heavy atom. The van der Waals surface area contributed by atoms with E-state index in [1.165, 1.54) is 6.07 Å². The predicted molar refractivity (Wildman–Crippen MR) is 65.0 cm³/mol. The fraction of sp³-hybridized carbons (Fsp3) is 0.400. The van der Waals surface area contributed by atoms with Crippen LogP contribution in [0.15, 0.2) is 18.5 Å². The van der Waals surface area contributed by atoms with Gasteiger partial charge < -0.3 is 4.57 Å². The minimum atomic E-state index is -0.397. The third-order valence-corrected chi connectivity index (χ3v) is 3.30. The summed E-state index contributed by atoms with van der Waals surface area (Å²) in [4.78, 5) is 11.0. The first-order chi connectivity index (χ1) is 7.89. The first-order valence-corrected chi connectivity index (χ1v) is 5.86. The predicted octanol–water partition coefficient (Wildman–Crippen LogP) is 2.67. The van der Waals surface area contributed by atoms with Crippen molar-refractivity contribution in [3.05, 3.63) is 28.6 Å². The molecular weight excluding hydrogens is 240 g/mol. The van der Waals surface area contributed by atoms with Gasteiger partial charge in [0.05, 0.1) is 9.80 Å². The van der Waals surface area contributed by atoms with Gasteiger partial charge in [-0.2, -0.15) is 0 Å². The van der Waals surface area contributed by atoms with Gasteiger partial charge in [0.15, 0.2) is 5.82 Å². The van der Waals surface area contributed by atoms with Crippen molar-refractivity contribution in [2.24, 2.45) is 0 Å². The molecule has 90 valence electrons. The van der Waals surface area contributed by atoms with E-state index in [4.69, 9.17) is 0 Å². The largest absolute Gasteiger partial charge is 0.324 e. The molecule has 0 bridgehead atoms. The molecule has 0 aliphatic carbocycles. The Bertz CT molecular complexity index is 553. The molecule has 7 heteroatoms. The van der Waals surface area contributed by atoms with Crippen molar-refractivity contribution in [2.45, 2.75) is 26.3 Å². The zero-order valence-electron chi connectivity index (χ0n) is 9.75. The summed E-state index contributed by atoms with van der Waals surface area (Å²) >= 11 is 1.11. The molecule has 0 aliphatic heterocycles. The molecule has 0 aliphatic rings. The monoisotopic (exact) mass is 252 g/mol. The van der Waals surface area contributed by atoms with E-state index in [0.29, 0.717) is 5.82 Å². The molecule has 6 nitrogen and oxygen atoms in total. The molecule has 0 N–H and O–H groups in total. The zero-order valence-corrected chi connectivity index (χ0v) is 10.6. The summed E-state index contributed by atoms with van der Waals surface area (Å²) in [5.41, 5.74) is -0.155. The van der Waals surface area contributed by atoms with Crippen LogP contribution in [0, 0.1) is 10.1 Å². The van der Waals surface area contributed by atoms with Gasteiger partial charge in [0.25, 0.3) is 0 Å². The standard InChI is InChI=1S/C10H12N4O2S/c1-10(2,3)13-6-11-12-9(13)7-4-5-8(17-7)14(15)16/h4-6H,1-3H3. The van der Waals surface area contributed by atoms with Gasteiger partial charge in [-0.1, -0.05) is 11.3 Å². The van der Waals surface area contributed by atoms with Gasteiger partial charge >= 0.3 is 5.00 Å². The number of nitro groups is 1. The van der Waals surface area contributed by atoms with Gasteiger partial charge in [0, 0.05) is 11.6 Å². The quantitative estimate of drug-likeness (QED) is 0.608. The molecule has 0 spiro atoms. The Hall–Kier alpha value is -1.76. The number of rotatable bonds is 2. The van der Waals surface area contributed by atoms with E-state index in [2.05, 4.69) is 10.2 Å². The highest BCUT2D eigenvalue weighted by Gasteiger charge is 2.21. The minimum absolute atomic E-state index is 0.114. The molecule has 0 atom stereocenters. The molecule has 17 heavy (non-hydrogen) atoms. The van der Waals surface area contributed by atoms with E-state index in [1.54, 1.807) is 12.4 Å². The molecule has 0 amide bonds. The second kappa shape index (κ2) is 3.92. The maximum absolute atomic E-state index is 10.6. The molecule has 2 rings (SSSR count). The zero-order chi connectivity index (χ0) is 12.6. The molecule has 2 aromatic heterocycles. The minimum Gasteiger partial charge on any atom is -0.308 e. The van der Waals surface area contributed by atoms with Gasteiger partial charge in [-0.25, -0.2) is 0 Å². The van der Waals surface area contributed by atoms with E-state index in [-0.39, 0.29) is 10.5 Å². The SMILES string of the molecule is CC(C)(C)n1cnnc1-c1ccc([N+](=O)[O-])s1. The lowest BCUT2D eigenvalue weighted by atomic mass is 10.1. The highest BCUT2D eigenvalue weighted by Crippen LogP contribution is 2.33. The number of nitrogens with zero attached hydrogens (tertiary/aromatic N) is 4. The highest BCUT2D eigenvalue weighted by atomic mass is 32.1. The summed E-state index contributed by atoms with van der Waals surface area (Å²) in [6.45, 7) is 6.09. The summed E-state index contributed by atoms with van der Waals surface area (Å²) in [6.07, 6.45) is 1.64. The fourth-order valence-corrected chi connectivity index (χ4v) is 2.24. The first kappa shape index (κ1) is 11.7. The third-order valence-electron chi connectivity index (χ3n) is 2.26. The van der Waals surface area contributed by atoms with Crippen LogP contribution in [0.1, 0.15) is 20.8 Å². The Morgan fingerprint density at radius 1 is 1.41 bits per heavy atom. The van der Waals surface area contributed by atoms with Crippen LogP contribution in [0.4, 0.5) is 5.00 Å². The summed E-state index contributed by atoms with van der Waals surface area (Å²) in [6, 6.07) is 3.19. The highest BCUT2D eigenvalue weighted by molar-refractivity contribution is 7.18. The lowest BCUT2D eigenvalue weighted by molar-refractivity contribution is -0.380. The van der Waals surface area contributed by atoms with Crippen LogP contribution in [0.5, 0.6) is 0 Å². The Labute approximate surface area is 102 Å². The number of thiophene rings is 1.